The van der Waals surface area contributed by atoms with Crippen LogP contribution in [0.2, 0.25) is 0 Å². The zero-order valence-electron chi connectivity index (χ0n) is 13.4. The van der Waals surface area contributed by atoms with E-state index in [1.807, 2.05) is 0 Å². The highest BCUT2D eigenvalue weighted by molar-refractivity contribution is 4.95. The molecule has 1 unspecified atom stereocenters. The molecule has 0 aliphatic carbocycles. The lowest BCUT2D eigenvalue weighted by atomic mass is 9.71. The van der Waals surface area contributed by atoms with Crippen LogP contribution < -0.4 is 0 Å². The number of ether oxygens (including phenoxy) is 2. The van der Waals surface area contributed by atoms with Crippen LogP contribution in [0, 0.1) is 22.7 Å². The van der Waals surface area contributed by atoms with E-state index in [0.29, 0.717) is 19.8 Å². The van der Waals surface area contributed by atoms with Crippen LogP contribution in [0.3, 0.4) is 0 Å². The minimum absolute atomic E-state index is 0.0499. The maximum atomic E-state index is 10.5. The van der Waals surface area contributed by atoms with Crippen molar-refractivity contribution in [1.29, 1.82) is 0 Å². The van der Waals surface area contributed by atoms with E-state index in [-0.39, 0.29) is 28.8 Å². The van der Waals surface area contributed by atoms with Gasteiger partial charge in [0.15, 0.2) is 0 Å². The predicted octanol–water partition coefficient (Wildman–Crippen LogP) is 1.83. The van der Waals surface area contributed by atoms with Gasteiger partial charge in [-0.2, -0.15) is 0 Å². The normalized spacial score (nSPS) is 39.5. The first-order chi connectivity index (χ1) is 9.13. The largest absolute Gasteiger partial charge is 0.390 e. The van der Waals surface area contributed by atoms with E-state index in [1.165, 1.54) is 0 Å². The van der Waals surface area contributed by atoms with Crippen LogP contribution in [0.25, 0.3) is 0 Å². The van der Waals surface area contributed by atoms with Gasteiger partial charge >= 0.3 is 0 Å². The molecule has 0 aromatic carbocycles. The number of rotatable bonds is 3. The van der Waals surface area contributed by atoms with E-state index >= 15 is 0 Å². The van der Waals surface area contributed by atoms with Gasteiger partial charge in [-0.3, -0.25) is 0 Å². The monoisotopic (exact) mass is 286 g/mol. The summed E-state index contributed by atoms with van der Waals surface area (Å²) < 4.78 is 11.2. The van der Waals surface area contributed by atoms with Crippen molar-refractivity contribution in [2.45, 2.75) is 59.4 Å². The van der Waals surface area contributed by atoms with Gasteiger partial charge in [-0.25, -0.2) is 0 Å². The maximum Gasteiger partial charge on any atom is 0.0857 e. The third-order valence-electron chi connectivity index (χ3n) is 5.18. The van der Waals surface area contributed by atoms with Gasteiger partial charge < -0.3 is 19.7 Å². The second kappa shape index (κ2) is 5.56. The molecule has 4 nitrogen and oxygen atoms in total. The fourth-order valence-electron chi connectivity index (χ4n) is 3.58. The summed E-state index contributed by atoms with van der Waals surface area (Å²) in [6.07, 6.45) is -0.205. The van der Waals surface area contributed by atoms with Crippen molar-refractivity contribution in [3.8, 4) is 0 Å². The molecule has 2 aliphatic rings. The topological polar surface area (TPSA) is 58.9 Å². The Kier molecular flexibility index (Phi) is 4.51. The van der Waals surface area contributed by atoms with Crippen molar-refractivity contribution in [2.75, 3.05) is 19.8 Å². The van der Waals surface area contributed by atoms with Gasteiger partial charge in [0.25, 0.3) is 0 Å². The molecule has 118 valence electrons. The molecule has 2 rings (SSSR count). The molecule has 2 fully saturated rings. The number of hydrogen-bond acceptors (Lipinski definition) is 4. The van der Waals surface area contributed by atoms with Gasteiger partial charge in [0, 0.05) is 11.8 Å². The van der Waals surface area contributed by atoms with Crippen molar-refractivity contribution in [3.63, 3.8) is 0 Å². The zero-order valence-corrected chi connectivity index (χ0v) is 13.4. The Bertz CT molecular complexity index is 334. The van der Waals surface area contributed by atoms with Crippen LogP contribution in [-0.4, -0.2) is 48.3 Å². The van der Waals surface area contributed by atoms with E-state index in [0.717, 1.165) is 6.42 Å². The highest BCUT2D eigenvalue weighted by Gasteiger charge is 2.47. The van der Waals surface area contributed by atoms with Gasteiger partial charge in [-0.1, -0.05) is 34.6 Å². The smallest absolute Gasteiger partial charge is 0.0857 e. The van der Waals surface area contributed by atoms with Crippen LogP contribution >= 0.6 is 0 Å². The predicted molar refractivity (Wildman–Crippen MR) is 77.4 cm³/mol. The fraction of sp³-hybridized carbons (Fsp3) is 1.00. The lowest BCUT2D eigenvalue weighted by Gasteiger charge is -2.36. The summed E-state index contributed by atoms with van der Waals surface area (Å²) in [6.45, 7) is 12.3. The molecule has 4 heteroatoms. The third-order valence-corrected chi connectivity index (χ3v) is 5.18. The van der Waals surface area contributed by atoms with Gasteiger partial charge in [0.1, 0.15) is 0 Å². The lowest BCUT2D eigenvalue weighted by molar-refractivity contribution is -0.0211. The Morgan fingerprint density at radius 2 is 1.60 bits per heavy atom. The summed E-state index contributed by atoms with van der Waals surface area (Å²) in [5, 5.41) is 20.6. The second-order valence-corrected chi connectivity index (χ2v) is 8.24. The lowest BCUT2D eigenvalue weighted by Crippen LogP contribution is -2.40. The Morgan fingerprint density at radius 3 is 2.05 bits per heavy atom. The molecule has 0 bridgehead atoms. The minimum atomic E-state index is -0.422. The van der Waals surface area contributed by atoms with E-state index in [1.54, 1.807) is 0 Å². The maximum absolute atomic E-state index is 10.5. The van der Waals surface area contributed by atoms with Crippen molar-refractivity contribution in [2.24, 2.45) is 22.7 Å². The Morgan fingerprint density at radius 1 is 0.950 bits per heavy atom. The molecule has 2 aliphatic heterocycles. The molecule has 2 heterocycles. The first-order valence-corrected chi connectivity index (χ1v) is 7.68. The molecular weight excluding hydrogens is 256 g/mol. The molecule has 20 heavy (non-hydrogen) atoms. The average Bonchev–Trinajstić information content (AvgIpc) is 2.85. The molecule has 2 saturated heterocycles. The fourth-order valence-corrected chi connectivity index (χ4v) is 3.58. The number of aliphatic hydroxyl groups excluding tert-OH is 2. The summed E-state index contributed by atoms with van der Waals surface area (Å²) in [6, 6.07) is 0. The third kappa shape index (κ3) is 3.19. The van der Waals surface area contributed by atoms with Crippen molar-refractivity contribution in [3.05, 3.63) is 0 Å². The summed E-state index contributed by atoms with van der Waals surface area (Å²) in [5.74, 6) is 0.292. The summed E-state index contributed by atoms with van der Waals surface area (Å²) in [4.78, 5) is 0. The molecule has 0 aromatic heterocycles. The first kappa shape index (κ1) is 16.2. The molecule has 0 saturated carbocycles. The summed E-state index contributed by atoms with van der Waals surface area (Å²) >= 11 is 0. The zero-order chi connectivity index (χ0) is 15.1. The molecule has 2 N–H and O–H groups in total. The quantitative estimate of drug-likeness (QED) is 0.831. The van der Waals surface area contributed by atoms with Crippen LogP contribution in [0.15, 0.2) is 0 Å². The molecular formula is C16H30O4. The highest BCUT2D eigenvalue weighted by atomic mass is 16.5. The van der Waals surface area contributed by atoms with Gasteiger partial charge in [0.05, 0.1) is 38.1 Å². The Labute approximate surface area is 122 Å². The van der Waals surface area contributed by atoms with Crippen molar-refractivity contribution in [1.82, 2.24) is 0 Å². The molecule has 5 atom stereocenters. The molecule has 0 aromatic rings. The minimum Gasteiger partial charge on any atom is -0.390 e. The molecule has 0 spiro atoms. The van der Waals surface area contributed by atoms with Crippen LogP contribution in [0.5, 0.6) is 0 Å². The van der Waals surface area contributed by atoms with E-state index < -0.39 is 12.2 Å². The first-order valence-electron chi connectivity index (χ1n) is 7.68. The SMILES string of the molecule is CC(C)(C)[C@H]1COC(CC(C)(C)[C@H]2COC[C@@H]2O)[C@H]1O. The summed E-state index contributed by atoms with van der Waals surface area (Å²) in [7, 11) is 0. The Balaban J connectivity index is 2.00. The molecule has 0 radical (unpaired) electrons. The van der Waals surface area contributed by atoms with Crippen molar-refractivity contribution >= 4 is 0 Å². The van der Waals surface area contributed by atoms with Gasteiger partial charge in [-0.05, 0) is 17.3 Å². The number of aliphatic hydroxyl groups is 2. The van der Waals surface area contributed by atoms with Gasteiger partial charge in [-0.15, -0.1) is 0 Å². The van der Waals surface area contributed by atoms with E-state index in [4.69, 9.17) is 9.47 Å². The van der Waals surface area contributed by atoms with Crippen LogP contribution in [0.4, 0.5) is 0 Å². The number of hydrogen-bond donors (Lipinski definition) is 2. The molecule has 0 amide bonds. The van der Waals surface area contributed by atoms with Crippen molar-refractivity contribution < 1.29 is 19.7 Å². The second-order valence-electron chi connectivity index (χ2n) is 8.24. The Hall–Kier alpha value is -0.160. The average molecular weight is 286 g/mol. The highest BCUT2D eigenvalue weighted by Crippen LogP contribution is 2.43. The van der Waals surface area contributed by atoms with Crippen LogP contribution in [-0.2, 0) is 9.47 Å². The van der Waals surface area contributed by atoms with Crippen LogP contribution in [0.1, 0.15) is 41.0 Å². The van der Waals surface area contributed by atoms with E-state index in [9.17, 15) is 10.2 Å². The standard InChI is InChI=1S/C16H30O4/c1-15(2,3)11-8-20-13(14(11)18)6-16(4,5)10-7-19-9-12(10)17/h10-14,17-18H,6-9H2,1-5H3/t10-,11-,12-,13?,14-/m0/s1. The summed E-state index contributed by atoms with van der Waals surface area (Å²) in [5.41, 5.74) is -0.0529. The van der Waals surface area contributed by atoms with Gasteiger partial charge in [0.2, 0.25) is 0 Å². The van der Waals surface area contributed by atoms with E-state index in [2.05, 4.69) is 34.6 Å².